The lowest BCUT2D eigenvalue weighted by molar-refractivity contribution is -0.181. The third-order valence-electron chi connectivity index (χ3n) is 3.82. The van der Waals surface area contributed by atoms with E-state index in [1.165, 1.54) is 11.8 Å². The normalized spacial score (nSPS) is 21.4. The molecule has 1 aromatic heterocycles. The van der Waals surface area contributed by atoms with Gasteiger partial charge in [-0.3, -0.25) is 4.79 Å². The van der Waals surface area contributed by atoms with Gasteiger partial charge in [0.05, 0.1) is 18.8 Å². The molecule has 108 valence electrons. The number of likely N-dealkylation sites (tertiary alicyclic amines) is 1. The van der Waals surface area contributed by atoms with Crippen LogP contribution in [-0.4, -0.2) is 54.1 Å². The summed E-state index contributed by atoms with van der Waals surface area (Å²) in [6.45, 7) is 2.66. The third kappa shape index (κ3) is 2.55. The average molecular weight is 294 g/mol. The van der Waals surface area contributed by atoms with Gasteiger partial charge in [-0.05, 0) is 18.4 Å². The topological polar surface area (TPSA) is 51.7 Å². The molecule has 2 fully saturated rings. The lowest BCUT2D eigenvalue weighted by Crippen LogP contribution is -2.47. The van der Waals surface area contributed by atoms with Gasteiger partial charge in [0.15, 0.2) is 5.79 Å². The Labute approximate surface area is 122 Å². The fourth-order valence-corrected chi connectivity index (χ4v) is 3.26. The summed E-state index contributed by atoms with van der Waals surface area (Å²) in [5.74, 6) is -0.385. The Kier molecular flexibility index (Phi) is 3.96. The van der Waals surface area contributed by atoms with Gasteiger partial charge in [-0.15, -0.1) is 11.8 Å². The Balaban J connectivity index is 1.70. The molecule has 0 radical (unpaired) electrons. The van der Waals surface area contributed by atoms with Gasteiger partial charge < -0.3 is 14.4 Å². The van der Waals surface area contributed by atoms with Crippen molar-refractivity contribution in [2.75, 3.05) is 32.6 Å². The molecule has 20 heavy (non-hydrogen) atoms. The standard InChI is InChI=1S/C14H18N2O3S/c1-20-12-11(3-2-6-15-12)13(17)16-7-4-14(5-8-16)18-9-10-19-14/h2-3,6H,4-5,7-10H2,1H3. The lowest BCUT2D eigenvalue weighted by atomic mass is 10.0. The molecule has 1 amide bonds. The number of carbonyl (C=O) groups is 1. The van der Waals surface area contributed by atoms with Gasteiger partial charge in [0, 0.05) is 32.1 Å². The monoisotopic (exact) mass is 294 g/mol. The van der Waals surface area contributed by atoms with Gasteiger partial charge in [-0.25, -0.2) is 4.98 Å². The summed E-state index contributed by atoms with van der Waals surface area (Å²) >= 11 is 1.50. The van der Waals surface area contributed by atoms with Crippen LogP contribution >= 0.6 is 11.8 Å². The van der Waals surface area contributed by atoms with E-state index in [0.29, 0.717) is 31.9 Å². The van der Waals surface area contributed by atoms with Crippen LogP contribution < -0.4 is 0 Å². The van der Waals surface area contributed by atoms with Gasteiger partial charge in [0.2, 0.25) is 0 Å². The highest BCUT2D eigenvalue weighted by molar-refractivity contribution is 7.98. The van der Waals surface area contributed by atoms with Crippen LogP contribution in [0.15, 0.2) is 23.4 Å². The van der Waals surface area contributed by atoms with Crippen molar-refractivity contribution in [2.45, 2.75) is 23.7 Å². The predicted octanol–water partition coefficient (Wildman–Crippen LogP) is 1.78. The number of nitrogens with zero attached hydrogens (tertiary/aromatic N) is 2. The number of ether oxygens (including phenoxy) is 2. The van der Waals surface area contributed by atoms with E-state index >= 15 is 0 Å². The number of rotatable bonds is 2. The van der Waals surface area contributed by atoms with Gasteiger partial charge in [0.25, 0.3) is 5.91 Å². The maximum Gasteiger partial charge on any atom is 0.256 e. The van der Waals surface area contributed by atoms with Crippen molar-refractivity contribution in [3.63, 3.8) is 0 Å². The molecule has 3 heterocycles. The molecular weight excluding hydrogens is 276 g/mol. The van der Waals surface area contributed by atoms with Crippen molar-refractivity contribution in [1.82, 2.24) is 9.88 Å². The largest absolute Gasteiger partial charge is 0.347 e. The van der Waals surface area contributed by atoms with E-state index in [1.807, 2.05) is 23.3 Å². The molecule has 0 unspecified atom stereocenters. The number of amides is 1. The number of hydrogen-bond acceptors (Lipinski definition) is 5. The molecule has 3 rings (SSSR count). The van der Waals surface area contributed by atoms with Gasteiger partial charge in [-0.1, -0.05) is 0 Å². The number of pyridine rings is 1. The predicted molar refractivity (Wildman–Crippen MR) is 75.8 cm³/mol. The molecule has 1 spiro atoms. The summed E-state index contributed by atoms with van der Waals surface area (Å²) in [6.07, 6.45) is 5.14. The summed E-state index contributed by atoms with van der Waals surface area (Å²) in [5, 5.41) is 0.783. The first-order chi connectivity index (χ1) is 9.74. The Morgan fingerprint density at radius 1 is 1.35 bits per heavy atom. The molecule has 2 aliphatic rings. The maximum atomic E-state index is 12.6. The first-order valence-electron chi connectivity index (χ1n) is 6.80. The molecule has 1 aromatic rings. The minimum absolute atomic E-state index is 0.0512. The number of hydrogen-bond donors (Lipinski definition) is 0. The van der Waals surface area contributed by atoms with E-state index < -0.39 is 5.79 Å². The molecule has 0 aliphatic carbocycles. The molecule has 6 heteroatoms. The first-order valence-corrected chi connectivity index (χ1v) is 8.03. The second-order valence-electron chi connectivity index (χ2n) is 4.96. The summed E-state index contributed by atoms with van der Waals surface area (Å²) in [5.41, 5.74) is 0.684. The Hall–Kier alpha value is -1.11. The fourth-order valence-electron chi connectivity index (χ4n) is 2.72. The van der Waals surface area contributed by atoms with Crippen molar-refractivity contribution in [3.05, 3.63) is 23.9 Å². The van der Waals surface area contributed by atoms with Crippen molar-refractivity contribution in [2.24, 2.45) is 0 Å². The number of carbonyl (C=O) groups excluding carboxylic acids is 1. The second kappa shape index (κ2) is 5.71. The quantitative estimate of drug-likeness (QED) is 0.778. The summed E-state index contributed by atoms with van der Waals surface area (Å²) in [7, 11) is 0. The van der Waals surface area contributed by atoms with Crippen LogP contribution in [0.25, 0.3) is 0 Å². The van der Waals surface area contributed by atoms with Crippen molar-refractivity contribution < 1.29 is 14.3 Å². The first kappa shape index (κ1) is 13.9. The van der Waals surface area contributed by atoms with Crippen LogP contribution in [-0.2, 0) is 9.47 Å². The van der Waals surface area contributed by atoms with Gasteiger partial charge in [-0.2, -0.15) is 0 Å². The molecule has 0 N–H and O–H groups in total. The molecule has 0 bridgehead atoms. The molecule has 2 saturated heterocycles. The van der Waals surface area contributed by atoms with Crippen LogP contribution in [0.1, 0.15) is 23.2 Å². The van der Waals surface area contributed by atoms with E-state index in [2.05, 4.69) is 4.98 Å². The minimum atomic E-state index is -0.436. The van der Waals surface area contributed by atoms with Crippen LogP contribution in [0.4, 0.5) is 0 Å². The molecule has 5 nitrogen and oxygen atoms in total. The number of piperidine rings is 1. The lowest BCUT2D eigenvalue weighted by Gasteiger charge is -2.37. The second-order valence-corrected chi connectivity index (χ2v) is 5.75. The van der Waals surface area contributed by atoms with Crippen molar-refractivity contribution in [1.29, 1.82) is 0 Å². The van der Waals surface area contributed by atoms with E-state index in [4.69, 9.17) is 9.47 Å². The Morgan fingerprint density at radius 3 is 2.70 bits per heavy atom. The molecule has 0 saturated carbocycles. The molecule has 2 aliphatic heterocycles. The molecular formula is C14H18N2O3S. The van der Waals surface area contributed by atoms with E-state index in [0.717, 1.165) is 17.9 Å². The highest BCUT2D eigenvalue weighted by atomic mass is 32.2. The fraction of sp³-hybridized carbons (Fsp3) is 0.571. The zero-order valence-corrected chi connectivity index (χ0v) is 12.3. The average Bonchev–Trinajstić information content (AvgIpc) is 2.95. The summed E-state index contributed by atoms with van der Waals surface area (Å²) in [6, 6.07) is 3.65. The highest BCUT2D eigenvalue weighted by Gasteiger charge is 2.41. The SMILES string of the molecule is CSc1ncccc1C(=O)N1CCC2(CC1)OCCO2. The van der Waals surface area contributed by atoms with Crippen LogP contribution in [0, 0.1) is 0 Å². The number of thioether (sulfide) groups is 1. The van der Waals surface area contributed by atoms with E-state index in [-0.39, 0.29) is 5.91 Å². The van der Waals surface area contributed by atoms with E-state index in [9.17, 15) is 4.79 Å². The van der Waals surface area contributed by atoms with Crippen LogP contribution in [0.5, 0.6) is 0 Å². The Morgan fingerprint density at radius 2 is 2.05 bits per heavy atom. The zero-order chi connectivity index (χ0) is 14.0. The Bertz CT molecular complexity index is 493. The maximum absolute atomic E-state index is 12.6. The van der Waals surface area contributed by atoms with Crippen molar-refractivity contribution >= 4 is 17.7 Å². The zero-order valence-electron chi connectivity index (χ0n) is 11.5. The van der Waals surface area contributed by atoms with Crippen molar-refractivity contribution in [3.8, 4) is 0 Å². The summed E-state index contributed by atoms with van der Waals surface area (Å²) in [4.78, 5) is 18.7. The van der Waals surface area contributed by atoms with Crippen LogP contribution in [0.2, 0.25) is 0 Å². The minimum Gasteiger partial charge on any atom is -0.347 e. The van der Waals surface area contributed by atoms with E-state index in [1.54, 1.807) is 6.20 Å². The van der Waals surface area contributed by atoms with Gasteiger partial charge in [0.1, 0.15) is 5.03 Å². The summed E-state index contributed by atoms with van der Waals surface area (Å²) < 4.78 is 11.4. The van der Waals surface area contributed by atoms with Gasteiger partial charge >= 0.3 is 0 Å². The number of aromatic nitrogens is 1. The highest BCUT2D eigenvalue weighted by Crippen LogP contribution is 2.32. The molecule has 0 aromatic carbocycles. The molecule has 0 atom stereocenters. The smallest absolute Gasteiger partial charge is 0.256 e. The van der Waals surface area contributed by atoms with Crippen LogP contribution in [0.3, 0.4) is 0 Å². The third-order valence-corrected chi connectivity index (χ3v) is 4.53.